The van der Waals surface area contributed by atoms with Crippen LogP contribution in [0.1, 0.15) is 25.1 Å². The molecule has 1 unspecified atom stereocenters. The van der Waals surface area contributed by atoms with E-state index >= 15 is 0 Å². The maximum absolute atomic E-state index is 9.85. The molecule has 0 spiro atoms. The number of aryl methyl sites for hydroxylation is 1. The second-order valence-electron chi connectivity index (χ2n) is 2.89. The van der Waals surface area contributed by atoms with Gasteiger partial charge in [-0.1, -0.05) is 12.1 Å². The monoisotopic (exact) mass is 279 g/mol. The van der Waals surface area contributed by atoms with Gasteiger partial charge in [0, 0.05) is 7.05 Å². The SMILES string of the molecule is CCSCCC(O)c1c(Br)nnn1C. The molecule has 0 saturated carbocycles. The number of hydrogen-bond donors (Lipinski definition) is 1. The molecule has 0 amide bonds. The molecule has 0 aliphatic rings. The molecule has 0 radical (unpaired) electrons. The molecule has 0 aromatic carbocycles. The summed E-state index contributed by atoms with van der Waals surface area (Å²) in [6, 6.07) is 0. The smallest absolute Gasteiger partial charge is 0.154 e. The number of aromatic nitrogens is 3. The van der Waals surface area contributed by atoms with Crippen LogP contribution in [0.15, 0.2) is 4.60 Å². The largest absolute Gasteiger partial charge is 0.387 e. The van der Waals surface area contributed by atoms with E-state index in [0.29, 0.717) is 4.60 Å². The molecule has 0 saturated heterocycles. The van der Waals surface area contributed by atoms with Crippen LogP contribution in [-0.2, 0) is 7.05 Å². The minimum atomic E-state index is -0.483. The molecule has 1 aromatic rings. The van der Waals surface area contributed by atoms with Gasteiger partial charge in [0.25, 0.3) is 0 Å². The third-order valence-electron chi connectivity index (χ3n) is 1.88. The molecule has 1 aromatic heterocycles. The molecule has 6 heteroatoms. The Morgan fingerprint density at radius 2 is 2.36 bits per heavy atom. The van der Waals surface area contributed by atoms with Crippen molar-refractivity contribution in [2.75, 3.05) is 11.5 Å². The van der Waals surface area contributed by atoms with Gasteiger partial charge in [-0.15, -0.1) is 5.10 Å². The minimum absolute atomic E-state index is 0.483. The lowest BCUT2D eigenvalue weighted by atomic mass is 10.2. The van der Waals surface area contributed by atoms with E-state index < -0.39 is 6.10 Å². The zero-order chi connectivity index (χ0) is 10.6. The number of nitrogens with zero attached hydrogens (tertiary/aromatic N) is 3. The third kappa shape index (κ3) is 2.96. The predicted octanol–water partition coefficient (Wildman–Crippen LogP) is 1.75. The highest BCUT2D eigenvalue weighted by Crippen LogP contribution is 2.23. The van der Waals surface area contributed by atoms with E-state index in [1.54, 1.807) is 11.7 Å². The molecular formula is C8H14BrN3OS. The van der Waals surface area contributed by atoms with E-state index in [1.165, 1.54) is 0 Å². The summed E-state index contributed by atoms with van der Waals surface area (Å²) in [6.45, 7) is 2.11. The molecule has 1 N–H and O–H groups in total. The fourth-order valence-electron chi connectivity index (χ4n) is 1.17. The van der Waals surface area contributed by atoms with E-state index in [1.807, 2.05) is 11.8 Å². The van der Waals surface area contributed by atoms with Crippen LogP contribution in [0.4, 0.5) is 0 Å². The second kappa shape index (κ2) is 5.72. The van der Waals surface area contributed by atoms with Gasteiger partial charge in [-0.2, -0.15) is 11.8 Å². The maximum atomic E-state index is 9.85. The molecule has 0 aliphatic carbocycles. The Kier molecular flexibility index (Phi) is 4.91. The van der Waals surface area contributed by atoms with Crippen LogP contribution < -0.4 is 0 Å². The van der Waals surface area contributed by atoms with Gasteiger partial charge in [-0.3, -0.25) is 0 Å². The van der Waals surface area contributed by atoms with Gasteiger partial charge in [0.15, 0.2) is 4.60 Å². The van der Waals surface area contributed by atoms with Crippen LogP contribution in [0.25, 0.3) is 0 Å². The number of thioether (sulfide) groups is 1. The van der Waals surface area contributed by atoms with E-state index in [4.69, 9.17) is 0 Å². The van der Waals surface area contributed by atoms with Gasteiger partial charge in [0.05, 0.1) is 6.10 Å². The minimum Gasteiger partial charge on any atom is -0.387 e. The highest BCUT2D eigenvalue weighted by atomic mass is 79.9. The van der Waals surface area contributed by atoms with Crippen molar-refractivity contribution in [2.45, 2.75) is 19.4 Å². The molecule has 14 heavy (non-hydrogen) atoms. The zero-order valence-electron chi connectivity index (χ0n) is 8.27. The van der Waals surface area contributed by atoms with Crippen molar-refractivity contribution in [2.24, 2.45) is 7.05 Å². The van der Waals surface area contributed by atoms with Crippen molar-refractivity contribution < 1.29 is 5.11 Å². The summed E-state index contributed by atoms with van der Waals surface area (Å²) in [5, 5.41) is 17.5. The summed E-state index contributed by atoms with van der Waals surface area (Å²) in [5.74, 6) is 2.03. The van der Waals surface area contributed by atoms with Gasteiger partial charge < -0.3 is 5.11 Å². The third-order valence-corrected chi connectivity index (χ3v) is 3.38. The average Bonchev–Trinajstić information content (AvgIpc) is 2.46. The summed E-state index contributed by atoms with van der Waals surface area (Å²) < 4.78 is 2.24. The average molecular weight is 280 g/mol. The lowest BCUT2D eigenvalue weighted by molar-refractivity contribution is 0.164. The van der Waals surface area contributed by atoms with Gasteiger partial charge >= 0.3 is 0 Å². The quantitative estimate of drug-likeness (QED) is 0.835. The molecule has 1 atom stereocenters. The predicted molar refractivity (Wildman–Crippen MR) is 61.3 cm³/mol. The first-order chi connectivity index (χ1) is 6.66. The van der Waals surface area contributed by atoms with Crippen molar-refractivity contribution in [3.63, 3.8) is 0 Å². The molecule has 80 valence electrons. The van der Waals surface area contributed by atoms with E-state index in [2.05, 4.69) is 33.2 Å². The normalized spacial score (nSPS) is 13.1. The fraction of sp³-hybridized carbons (Fsp3) is 0.750. The molecule has 4 nitrogen and oxygen atoms in total. The Hall–Kier alpha value is -0.0700. The summed E-state index contributed by atoms with van der Waals surface area (Å²) in [7, 11) is 1.78. The fourth-order valence-corrected chi connectivity index (χ4v) is 2.44. The first-order valence-electron chi connectivity index (χ1n) is 4.47. The Balaban J connectivity index is 2.55. The second-order valence-corrected chi connectivity index (χ2v) is 5.04. The van der Waals surface area contributed by atoms with Crippen molar-refractivity contribution in [1.29, 1.82) is 0 Å². The molecule has 0 fully saturated rings. The maximum Gasteiger partial charge on any atom is 0.154 e. The summed E-state index contributed by atoms with van der Waals surface area (Å²) >= 11 is 5.09. The van der Waals surface area contributed by atoms with E-state index in [0.717, 1.165) is 23.6 Å². The summed E-state index contributed by atoms with van der Waals surface area (Å²) in [4.78, 5) is 0. The molecular weight excluding hydrogens is 266 g/mol. The number of aliphatic hydroxyl groups excluding tert-OH is 1. The first-order valence-corrected chi connectivity index (χ1v) is 6.42. The molecule has 0 bridgehead atoms. The Labute approximate surface area is 96.2 Å². The van der Waals surface area contributed by atoms with Crippen molar-refractivity contribution in [3.8, 4) is 0 Å². The van der Waals surface area contributed by atoms with Crippen LogP contribution in [0.2, 0.25) is 0 Å². The van der Waals surface area contributed by atoms with Crippen LogP contribution in [0.3, 0.4) is 0 Å². The summed E-state index contributed by atoms with van der Waals surface area (Å²) in [6.07, 6.45) is 0.252. The Morgan fingerprint density at radius 3 is 2.86 bits per heavy atom. The number of rotatable bonds is 5. The highest BCUT2D eigenvalue weighted by molar-refractivity contribution is 9.10. The van der Waals surface area contributed by atoms with Crippen LogP contribution in [-0.4, -0.2) is 31.6 Å². The lowest BCUT2D eigenvalue weighted by Crippen LogP contribution is -2.06. The number of hydrogen-bond acceptors (Lipinski definition) is 4. The van der Waals surface area contributed by atoms with Gasteiger partial charge in [-0.25, -0.2) is 4.68 Å². The topological polar surface area (TPSA) is 50.9 Å². The molecule has 0 aliphatic heterocycles. The highest BCUT2D eigenvalue weighted by Gasteiger charge is 2.16. The van der Waals surface area contributed by atoms with Crippen LogP contribution in [0, 0.1) is 0 Å². The number of aliphatic hydroxyl groups is 1. The van der Waals surface area contributed by atoms with E-state index in [-0.39, 0.29) is 0 Å². The van der Waals surface area contributed by atoms with Crippen LogP contribution >= 0.6 is 27.7 Å². The van der Waals surface area contributed by atoms with Gasteiger partial charge in [-0.05, 0) is 33.9 Å². The number of halogens is 1. The van der Waals surface area contributed by atoms with Crippen molar-refractivity contribution in [3.05, 3.63) is 10.3 Å². The van der Waals surface area contributed by atoms with Gasteiger partial charge in [0.2, 0.25) is 0 Å². The Morgan fingerprint density at radius 1 is 1.64 bits per heavy atom. The van der Waals surface area contributed by atoms with Gasteiger partial charge in [0.1, 0.15) is 5.69 Å². The van der Waals surface area contributed by atoms with Crippen LogP contribution in [0.5, 0.6) is 0 Å². The summed E-state index contributed by atoms with van der Waals surface area (Å²) in [5.41, 5.74) is 0.752. The molecule has 1 heterocycles. The van der Waals surface area contributed by atoms with Crippen molar-refractivity contribution >= 4 is 27.7 Å². The Bertz CT molecular complexity index is 273. The standard InChI is InChI=1S/C8H14BrN3OS/c1-3-14-5-4-6(13)7-8(9)10-11-12(7)2/h6,13H,3-5H2,1-2H3. The molecule has 1 rings (SSSR count). The van der Waals surface area contributed by atoms with Crippen molar-refractivity contribution in [1.82, 2.24) is 15.0 Å². The van der Waals surface area contributed by atoms with E-state index in [9.17, 15) is 5.11 Å². The lowest BCUT2D eigenvalue weighted by Gasteiger charge is -2.09. The zero-order valence-corrected chi connectivity index (χ0v) is 10.7. The first kappa shape index (κ1) is 12.0.